The molecule has 1 saturated heterocycles. The van der Waals surface area contributed by atoms with E-state index in [0.717, 1.165) is 0 Å². The van der Waals surface area contributed by atoms with Crippen LogP contribution < -0.4 is 0 Å². The second-order valence-electron chi connectivity index (χ2n) is 15.0. The fourth-order valence-electron chi connectivity index (χ4n) is 12.7. The monoisotopic (exact) mass is 687 g/mol. The second kappa shape index (κ2) is 12.0. The topological polar surface area (TPSA) is 160 Å². The van der Waals surface area contributed by atoms with Gasteiger partial charge < -0.3 is 43.4 Å². The molecule has 0 amide bonds. The smallest absolute Gasteiger partial charge is 0.338 e. The molecule has 7 rings (SSSR count). The van der Waals surface area contributed by atoms with E-state index in [1.54, 1.807) is 51.7 Å². The number of aliphatic hydroxyl groups is 2. The highest BCUT2D eigenvalue weighted by Crippen LogP contribution is 2.80. The number of likely N-dealkylation sites (tertiary alicyclic amines) is 1. The van der Waals surface area contributed by atoms with E-state index in [1.165, 1.54) is 21.0 Å². The number of piperidine rings is 1. The largest absolute Gasteiger partial charge is 0.462 e. The highest BCUT2D eigenvalue weighted by Gasteiger charge is 2.92. The van der Waals surface area contributed by atoms with E-state index in [1.807, 2.05) is 6.92 Å². The van der Waals surface area contributed by atoms with Crippen LogP contribution in [0.3, 0.4) is 0 Å². The van der Waals surface area contributed by atoms with Crippen LogP contribution in [0.5, 0.6) is 0 Å². The van der Waals surface area contributed by atoms with Gasteiger partial charge in [0.25, 0.3) is 0 Å². The zero-order valence-corrected chi connectivity index (χ0v) is 29.2. The van der Waals surface area contributed by atoms with Gasteiger partial charge >= 0.3 is 17.9 Å². The Morgan fingerprint density at radius 1 is 0.918 bits per heavy atom. The van der Waals surface area contributed by atoms with Gasteiger partial charge in [-0.15, -0.1) is 0 Å². The van der Waals surface area contributed by atoms with E-state index in [4.69, 9.17) is 33.2 Å². The van der Waals surface area contributed by atoms with Gasteiger partial charge in [0.2, 0.25) is 0 Å². The summed E-state index contributed by atoms with van der Waals surface area (Å²) in [6, 6.07) is 8.12. The number of ether oxygens (including phenoxy) is 7. The first-order valence-electron chi connectivity index (χ1n) is 17.2. The van der Waals surface area contributed by atoms with Crippen LogP contribution in [-0.4, -0.2) is 135 Å². The third-order valence-corrected chi connectivity index (χ3v) is 13.4. The molecule has 1 aromatic rings. The maximum Gasteiger partial charge on any atom is 0.338 e. The number of hydrogen-bond donors (Lipinski definition) is 2. The Labute approximate surface area is 286 Å². The minimum absolute atomic E-state index is 0.0534. The summed E-state index contributed by atoms with van der Waals surface area (Å²) in [5.41, 5.74) is -4.92. The van der Waals surface area contributed by atoms with Gasteiger partial charge in [0, 0.05) is 89.9 Å². The quantitative estimate of drug-likeness (QED) is 0.267. The highest BCUT2D eigenvalue weighted by molar-refractivity contribution is 5.89. The van der Waals surface area contributed by atoms with Gasteiger partial charge in [-0.25, -0.2) is 4.79 Å². The van der Waals surface area contributed by atoms with Crippen LogP contribution in [-0.2, 0) is 42.7 Å². The van der Waals surface area contributed by atoms with Crippen molar-refractivity contribution in [2.45, 2.75) is 87.5 Å². The van der Waals surface area contributed by atoms with Crippen molar-refractivity contribution in [3.05, 3.63) is 35.9 Å². The normalized spacial score (nSPS) is 47.4. The first-order valence-corrected chi connectivity index (χ1v) is 17.2. The molecule has 270 valence electrons. The third kappa shape index (κ3) is 4.21. The number of aliphatic hydroxyl groups excluding tert-OH is 1. The maximum absolute atomic E-state index is 13.8. The van der Waals surface area contributed by atoms with Gasteiger partial charge in [-0.05, 0) is 31.0 Å². The summed E-state index contributed by atoms with van der Waals surface area (Å²) in [5.74, 6) is -4.24. The molecule has 1 heterocycles. The molecule has 5 saturated carbocycles. The SMILES string of the molecule is CCN1C[C@@]2(COC)[C@H]3[C@@H](OC)[C@H]4C1[C@]3(C(OC)C[C@H]2OC(C)=O)[C@@H]1C[C@]2(O)[C@H](OC(=O)c3ccccc3)[C@@H]1[C@]4(OC(C)=O)[C@@H](O)[C@@H]2OC. The maximum atomic E-state index is 13.8. The molecule has 49 heavy (non-hydrogen) atoms. The Hall–Kier alpha value is -2.65. The summed E-state index contributed by atoms with van der Waals surface area (Å²) in [7, 11) is 6.25. The van der Waals surface area contributed by atoms with Crippen molar-refractivity contribution in [2.75, 3.05) is 48.1 Å². The van der Waals surface area contributed by atoms with Crippen LogP contribution in [0.15, 0.2) is 30.3 Å². The van der Waals surface area contributed by atoms with E-state index >= 15 is 0 Å². The standard InChI is InChI=1S/C36H49NO12/c1-8-37-16-33(17-43-4)22(47-18(2)38)14-23(44-5)35-21-15-34(42)30(48-32(41)20-12-10-9-11-13-20)24(21)36(49-19(3)39,29(40)31(34)46-7)25(28(35)37)26(45-6)27(33)35/h9-13,21-31,40,42H,8,14-17H2,1-7H3/t21-,22-,23?,24-,25+,26+,27-,28?,29+,30-,31+,33+,34+,35+,36-/m1/s1. The summed E-state index contributed by atoms with van der Waals surface area (Å²) in [6.07, 6.45) is -5.45. The molecular formula is C36H49NO12. The average Bonchev–Trinajstić information content (AvgIpc) is 3.44. The molecule has 15 atom stereocenters. The number of carbonyl (C=O) groups excluding carboxylic acids is 3. The molecule has 13 heteroatoms. The molecule has 0 radical (unpaired) electrons. The van der Waals surface area contributed by atoms with Crippen LogP contribution in [0.4, 0.5) is 0 Å². The minimum Gasteiger partial charge on any atom is -0.462 e. The first-order chi connectivity index (χ1) is 23.4. The van der Waals surface area contributed by atoms with Crippen LogP contribution >= 0.6 is 0 Å². The molecule has 2 unspecified atom stereocenters. The van der Waals surface area contributed by atoms with Crippen LogP contribution in [0.1, 0.15) is 44.0 Å². The summed E-state index contributed by atoms with van der Waals surface area (Å²) >= 11 is 0. The Bertz CT molecular complexity index is 1480. The zero-order valence-electron chi connectivity index (χ0n) is 29.2. The molecule has 1 spiro atoms. The van der Waals surface area contributed by atoms with Crippen molar-refractivity contribution < 1.29 is 57.8 Å². The minimum atomic E-state index is -1.86. The lowest BCUT2D eigenvalue weighted by atomic mass is 9.42. The molecule has 1 aromatic carbocycles. The first kappa shape index (κ1) is 34.8. The van der Waals surface area contributed by atoms with Gasteiger partial charge in [-0.2, -0.15) is 0 Å². The fraction of sp³-hybridized carbons (Fsp3) is 0.750. The molecule has 0 aromatic heterocycles. The van der Waals surface area contributed by atoms with E-state index < -0.39 is 100 Å². The van der Waals surface area contributed by atoms with Crippen molar-refractivity contribution in [3.63, 3.8) is 0 Å². The van der Waals surface area contributed by atoms with Crippen molar-refractivity contribution in [2.24, 2.45) is 34.5 Å². The van der Waals surface area contributed by atoms with Gasteiger partial charge in [-0.3, -0.25) is 14.5 Å². The number of nitrogens with zero attached hydrogens (tertiary/aromatic N) is 1. The average molecular weight is 688 g/mol. The van der Waals surface area contributed by atoms with Gasteiger partial charge in [0.1, 0.15) is 30.0 Å². The van der Waals surface area contributed by atoms with Crippen molar-refractivity contribution >= 4 is 17.9 Å². The molecule has 5 aliphatic carbocycles. The lowest BCUT2D eigenvalue weighted by molar-refractivity contribution is -0.322. The molecule has 7 bridgehead atoms. The summed E-state index contributed by atoms with van der Waals surface area (Å²) in [5, 5.41) is 25.5. The van der Waals surface area contributed by atoms with E-state index in [2.05, 4.69) is 4.90 Å². The lowest BCUT2D eigenvalue weighted by Crippen LogP contribution is -2.81. The van der Waals surface area contributed by atoms with E-state index in [-0.39, 0.29) is 24.6 Å². The molecule has 6 aliphatic rings. The third-order valence-electron chi connectivity index (χ3n) is 13.4. The summed E-state index contributed by atoms with van der Waals surface area (Å²) < 4.78 is 43.9. The molecule has 6 fully saturated rings. The predicted octanol–water partition coefficient (Wildman–Crippen LogP) is 1.22. The highest BCUT2D eigenvalue weighted by atomic mass is 16.6. The molecule has 2 N–H and O–H groups in total. The number of esters is 3. The number of rotatable bonds is 10. The van der Waals surface area contributed by atoms with Crippen LogP contribution in [0.25, 0.3) is 0 Å². The van der Waals surface area contributed by atoms with Crippen molar-refractivity contribution in [3.8, 4) is 0 Å². The number of fused-ring (bicyclic) bond motifs is 2. The Morgan fingerprint density at radius 2 is 1.63 bits per heavy atom. The van der Waals surface area contributed by atoms with Gasteiger partial charge in [0.15, 0.2) is 5.60 Å². The molecule has 13 nitrogen and oxygen atoms in total. The number of hydrogen-bond acceptors (Lipinski definition) is 13. The molecular weight excluding hydrogens is 638 g/mol. The Morgan fingerprint density at radius 3 is 2.20 bits per heavy atom. The van der Waals surface area contributed by atoms with Crippen LogP contribution in [0.2, 0.25) is 0 Å². The number of carbonyl (C=O) groups is 3. The van der Waals surface area contributed by atoms with Crippen molar-refractivity contribution in [1.82, 2.24) is 4.90 Å². The zero-order chi connectivity index (χ0) is 35.3. The van der Waals surface area contributed by atoms with Gasteiger partial charge in [0.05, 0.1) is 24.4 Å². The summed E-state index contributed by atoms with van der Waals surface area (Å²) in [4.78, 5) is 42.2. The van der Waals surface area contributed by atoms with Crippen LogP contribution in [0, 0.1) is 34.5 Å². The van der Waals surface area contributed by atoms with Gasteiger partial charge in [-0.1, -0.05) is 25.1 Å². The second-order valence-corrected chi connectivity index (χ2v) is 15.0. The van der Waals surface area contributed by atoms with E-state index in [0.29, 0.717) is 19.5 Å². The Kier molecular flexibility index (Phi) is 8.49. The fourth-order valence-corrected chi connectivity index (χ4v) is 12.7. The predicted molar refractivity (Wildman–Crippen MR) is 170 cm³/mol. The molecule has 1 aliphatic heterocycles. The number of benzene rings is 1. The number of methoxy groups -OCH3 is 4. The lowest BCUT2D eigenvalue weighted by Gasteiger charge is -2.70. The van der Waals surface area contributed by atoms with E-state index in [9.17, 15) is 24.6 Å². The summed E-state index contributed by atoms with van der Waals surface area (Å²) in [6.45, 7) is 5.99. The Balaban J connectivity index is 1.53. The van der Waals surface area contributed by atoms with Crippen molar-refractivity contribution in [1.29, 1.82) is 0 Å².